The summed E-state index contributed by atoms with van der Waals surface area (Å²) >= 11 is 1.88. The van der Waals surface area contributed by atoms with Crippen molar-refractivity contribution in [3.63, 3.8) is 0 Å². The maximum atomic E-state index is 2.63. The van der Waals surface area contributed by atoms with E-state index in [2.05, 4.69) is 289 Å². The van der Waals surface area contributed by atoms with E-state index in [1.54, 1.807) is 0 Å². The lowest BCUT2D eigenvalue weighted by molar-refractivity contribution is 0.770. The van der Waals surface area contributed by atoms with Crippen LogP contribution in [-0.4, -0.2) is 4.57 Å². The van der Waals surface area contributed by atoms with Crippen LogP contribution in [0.2, 0.25) is 0 Å². The Morgan fingerprint density at radius 2 is 0.908 bits per heavy atom. The number of benzene rings is 12. The van der Waals surface area contributed by atoms with Crippen LogP contribution >= 0.6 is 11.3 Å². The molecule has 0 saturated carbocycles. The zero-order valence-electron chi connectivity index (χ0n) is 41.4. The van der Waals surface area contributed by atoms with Crippen LogP contribution in [0.4, 0.5) is 17.1 Å². The average Bonchev–Trinajstić information content (AvgIpc) is 4.33. The predicted molar refractivity (Wildman–Crippen MR) is 321 cm³/mol. The lowest BCUT2D eigenvalue weighted by atomic mass is 9.66. The van der Waals surface area contributed by atoms with Gasteiger partial charge in [-0.15, -0.1) is 11.3 Å². The van der Waals surface area contributed by atoms with Crippen molar-refractivity contribution in [3.05, 3.63) is 301 Å². The summed E-state index contributed by atoms with van der Waals surface area (Å²) in [5.41, 5.74) is 23.5. The van der Waals surface area contributed by atoms with Crippen molar-refractivity contribution in [1.82, 2.24) is 4.57 Å². The van der Waals surface area contributed by atoms with Gasteiger partial charge in [0.05, 0.1) is 38.2 Å². The highest BCUT2D eigenvalue weighted by Crippen LogP contribution is 2.64. The molecule has 2 aliphatic rings. The highest BCUT2D eigenvalue weighted by Gasteiger charge is 2.50. The Hall–Kier alpha value is -9.54. The Balaban J connectivity index is 1.09. The van der Waals surface area contributed by atoms with E-state index in [1.807, 2.05) is 11.3 Å². The van der Waals surface area contributed by atoms with Crippen molar-refractivity contribution in [1.29, 1.82) is 0 Å². The SMILES string of the molecule is c1ccc(-c2cccc(C3(c4cccc(-c5ccccc5)c4)c4cccc5c4-c4c3cc(-c3ccccc3N(c3ccccc3)c3cccc6c3sc3ccccc36)c3c6ccccc6n(c43)-c3ccccc3-5)c2)cc1. The summed E-state index contributed by atoms with van der Waals surface area (Å²) in [6.45, 7) is 0. The van der Waals surface area contributed by atoms with Gasteiger partial charge in [-0.25, -0.2) is 0 Å². The number of anilines is 3. The zero-order chi connectivity index (χ0) is 49.9. The Labute approximate surface area is 445 Å². The first kappa shape index (κ1) is 42.9. The fraction of sp³-hybridized carbons (Fsp3) is 0.0137. The molecule has 0 radical (unpaired) electrons. The third kappa shape index (κ3) is 6.09. The molecule has 0 spiro atoms. The summed E-state index contributed by atoms with van der Waals surface area (Å²) < 4.78 is 5.16. The molecule has 354 valence electrons. The van der Waals surface area contributed by atoms with Gasteiger partial charge in [0.15, 0.2) is 0 Å². The van der Waals surface area contributed by atoms with Crippen LogP contribution in [-0.2, 0) is 5.41 Å². The summed E-state index contributed by atoms with van der Waals surface area (Å²) in [7, 11) is 0. The van der Waals surface area contributed by atoms with Gasteiger partial charge in [0.25, 0.3) is 0 Å². The minimum absolute atomic E-state index is 0.760. The third-order valence-corrected chi connectivity index (χ3v) is 17.6. The van der Waals surface area contributed by atoms with Crippen LogP contribution in [0, 0.1) is 0 Å². The number of hydrogen-bond donors (Lipinski definition) is 0. The van der Waals surface area contributed by atoms with Crippen molar-refractivity contribution in [3.8, 4) is 61.3 Å². The monoisotopic (exact) mass is 982 g/mol. The summed E-state index contributed by atoms with van der Waals surface area (Å²) in [6.07, 6.45) is 0. The van der Waals surface area contributed by atoms with Gasteiger partial charge in [0.2, 0.25) is 0 Å². The first-order valence-electron chi connectivity index (χ1n) is 26.2. The van der Waals surface area contributed by atoms with Crippen molar-refractivity contribution in [2.24, 2.45) is 0 Å². The summed E-state index contributed by atoms with van der Waals surface area (Å²) in [4.78, 5) is 2.52. The molecule has 0 atom stereocenters. The van der Waals surface area contributed by atoms with Crippen molar-refractivity contribution in [2.75, 3.05) is 4.90 Å². The Kier molecular flexibility index (Phi) is 9.45. The Bertz CT molecular complexity index is 4560. The topological polar surface area (TPSA) is 8.17 Å². The molecule has 2 nitrogen and oxygen atoms in total. The highest BCUT2D eigenvalue weighted by molar-refractivity contribution is 7.26. The van der Waals surface area contributed by atoms with Gasteiger partial charge in [-0.3, -0.25) is 0 Å². The van der Waals surface area contributed by atoms with Gasteiger partial charge < -0.3 is 9.47 Å². The zero-order valence-corrected chi connectivity index (χ0v) is 42.2. The largest absolute Gasteiger partial charge is 0.308 e. The molecule has 12 aromatic carbocycles. The molecule has 2 aromatic heterocycles. The molecule has 0 saturated heterocycles. The lowest BCUT2D eigenvalue weighted by Gasteiger charge is -2.35. The second-order valence-electron chi connectivity index (χ2n) is 20.3. The van der Waals surface area contributed by atoms with E-state index in [9.17, 15) is 0 Å². The first-order valence-corrected chi connectivity index (χ1v) is 27.1. The fourth-order valence-corrected chi connectivity index (χ4v) is 14.5. The smallest absolute Gasteiger partial charge is 0.0715 e. The lowest BCUT2D eigenvalue weighted by Crippen LogP contribution is -2.29. The van der Waals surface area contributed by atoms with Crippen LogP contribution in [0.3, 0.4) is 0 Å². The fourth-order valence-electron chi connectivity index (χ4n) is 13.3. The van der Waals surface area contributed by atoms with Crippen LogP contribution in [0.15, 0.2) is 279 Å². The molecule has 16 rings (SSSR count). The molecule has 3 heteroatoms. The van der Waals surface area contributed by atoms with Gasteiger partial charge in [0.1, 0.15) is 0 Å². The summed E-state index contributed by atoms with van der Waals surface area (Å²) in [5.74, 6) is 0. The van der Waals surface area contributed by atoms with Gasteiger partial charge >= 0.3 is 0 Å². The van der Waals surface area contributed by atoms with E-state index in [0.29, 0.717) is 0 Å². The normalized spacial score (nSPS) is 12.8. The predicted octanol–water partition coefficient (Wildman–Crippen LogP) is 20.0. The number of rotatable bonds is 8. The summed E-state index contributed by atoms with van der Waals surface area (Å²) in [6, 6.07) is 104. The molecule has 0 unspecified atom stereocenters. The molecule has 0 bridgehead atoms. The van der Waals surface area contributed by atoms with Gasteiger partial charge in [0, 0.05) is 48.6 Å². The third-order valence-electron chi connectivity index (χ3n) is 16.4. The number of fused-ring (bicyclic) bond motifs is 9. The standard InChI is InChI=1S/C73H46N2S/c1-4-22-47(23-5-1)49-26-18-28-51(44-49)73(52-29-19-27-50(45-52)48-24-6-2-7-25-48)61-38-20-36-57-54-32-10-15-40-64(54)75-65-41-16-12-35-59(65)68-60(46-62(73)70(69(57)61)71(68)75)55-33-11-14-39-63(55)74(53-30-8-3-9-31-53)66-42-21-37-58-56-34-13-17-43-67(56)76-72(58)66/h1-46H. The molecular weight excluding hydrogens is 937 g/mol. The van der Waals surface area contributed by atoms with Crippen LogP contribution in [0.1, 0.15) is 22.3 Å². The van der Waals surface area contributed by atoms with E-state index in [1.165, 1.54) is 120 Å². The van der Waals surface area contributed by atoms with E-state index >= 15 is 0 Å². The maximum absolute atomic E-state index is 2.63. The van der Waals surface area contributed by atoms with E-state index < -0.39 is 5.41 Å². The molecular formula is C73H46N2S. The van der Waals surface area contributed by atoms with Crippen LogP contribution in [0.5, 0.6) is 0 Å². The number of para-hydroxylation sites is 4. The highest BCUT2D eigenvalue weighted by atomic mass is 32.1. The minimum Gasteiger partial charge on any atom is -0.308 e. The second-order valence-corrected chi connectivity index (χ2v) is 21.3. The Morgan fingerprint density at radius 1 is 0.355 bits per heavy atom. The molecule has 1 aliphatic carbocycles. The van der Waals surface area contributed by atoms with Crippen molar-refractivity contribution in [2.45, 2.75) is 5.41 Å². The van der Waals surface area contributed by atoms with E-state index in [0.717, 1.165) is 22.6 Å². The quantitative estimate of drug-likeness (QED) is 0.147. The first-order chi connectivity index (χ1) is 37.7. The van der Waals surface area contributed by atoms with Gasteiger partial charge in [-0.05, 0) is 122 Å². The average molecular weight is 983 g/mol. The number of hydrogen-bond acceptors (Lipinski definition) is 2. The minimum atomic E-state index is -0.760. The van der Waals surface area contributed by atoms with Crippen LogP contribution in [0.25, 0.3) is 103 Å². The Morgan fingerprint density at radius 3 is 1.66 bits per heavy atom. The number of aromatic nitrogens is 1. The van der Waals surface area contributed by atoms with Crippen molar-refractivity contribution >= 4 is 70.4 Å². The van der Waals surface area contributed by atoms with E-state index in [4.69, 9.17) is 0 Å². The molecule has 14 aromatic rings. The van der Waals surface area contributed by atoms with E-state index in [-0.39, 0.29) is 0 Å². The summed E-state index contributed by atoms with van der Waals surface area (Å²) in [5, 5.41) is 5.03. The molecule has 76 heavy (non-hydrogen) atoms. The second kappa shape index (κ2) is 16.7. The molecule has 0 N–H and O–H groups in total. The molecule has 0 fully saturated rings. The maximum Gasteiger partial charge on any atom is 0.0715 e. The molecule has 0 amide bonds. The molecule has 1 aliphatic heterocycles. The number of thiophene rings is 1. The van der Waals surface area contributed by atoms with Crippen molar-refractivity contribution < 1.29 is 0 Å². The van der Waals surface area contributed by atoms with Gasteiger partial charge in [-0.2, -0.15) is 0 Å². The number of nitrogens with zero attached hydrogens (tertiary/aromatic N) is 2. The molecule has 3 heterocycles. The van der Waals surface area contributed by atoms with Gasteiger partial charge in [-0.1, -0.05) is 218 Å². The van der Waals surface area contributed by atoms with Crippen LogP contribution < -0.4 is 4.90 Å².